The summed E-state index contributed by atoms with van der Waals surface area (Å²) in [5, 5.41) is 9.54. The second-order valence-electron chi connectivity index (χ2n) is 8.88. The Hall–Kier alpha value is -1.84. The van der Waals surface area contributed by atoms with Gasteiger partial charge in [0.25, 0.3) is 0 Å². The number of aryl methyl sites for hydroxylation is 1. The van der Waals surface area contributed by atoms with E-state index in [2.05, 4.69) is 42.5 Å². The van der Waals surface area contributed by atoms with Gasteiger partial charge in [0.1, 0.15) is 5.75 Å². The first-order valence-electron chi connectivity index (χ1n) is 10.8. The maximum Gasteiger partial charge on any atom is 0.119 e. The van der Waals surface area contributed by atoms with E-state index in [1.165, 1.54) is 41.5 Å². The summed E-state index contributed by atoms with van der Waals surface area (Å²) in [5.74, 6) is 2.18. The van der Waals surface area contributed by atoms with Gasteiger partial charge >= 0.3 is 0 Å². The fourth-order valence-electron chi connectivity index (χ4n) is 5.08. The minimum Gasteiger partial charge on any atom is -0.494 e. The van der Waals surface area contributed by atoms with Crippen LogP contribution < -0.4 is 10.5 Å². The quantitative estimate of drug-likeness (QED) is 0.783. The van der Waals surface area contributed by atoms with E-state index >= 15 is 0 Å². The van der Waals surface area contributed by atoms with Crippen molar-refractivity contribution in [3.63, 3.8) is 0 Å². The molecule has 0 aliphatic heterocycles. The maximum absolute atomic E-state index is 9.54. The molecule has 0 aromatic heterocycles. The highest BCUT2D eigenvalue weighted by molar-refractivity contribution is 5.37. The van der Waals surface area contributed by atoms with Crippen LogP contribution in [0.3, 0.4) is 0 Å². The van der Waals surface area contributed by atoms with Crippen molar-refractivity contribution in [2.75, 3.05) is 13.2 Å². The highest BCUT2D eigenvalue weighted by atomic mass is 16.5. The van der Waals surface area contributed by atoms with Crippen LogP contribution in [0.1, 0.15) is 60.8 Å². The molecule has 150 valence electrons. The summed E-state index contributed by atoms with van der Waals surface area (Å²) in [6.45, 7) is 2.83. The van der Waals surface area contributed by atoms with Crippen molar-refractivity contribution in [3.8, 4) is 5.75 Å². The molecule has 0 heterocycles. The Morgan fingerprint density at radius 2 is 1.93 bits per heavy atom. The van der Waals surface area contributed by atoms with Crippen LogP contribution in [0, 0.1) is 5.92 Å². The second kappa shape index (κ2) is 8.26. The average molecular weight is 380 g/mol. The highest BCUT2D eigenvalue weighted by Crippen LogP contribution is 2.40. The number of hydrogen-bond acceptors (Lipinski definition) is 3. The van der Waals surface area contributed by atoms with Crippen LogP contribution in [-0.4, -0.2) is 23.9 Å². The molecule has 0 saturated heterocycles. The highest BCUT2D eigenvalue weighted by Gasteiger charge is 2.36. The molecule has 3 N–H and O–H groups in total. The number of aliphatic hydroxyl groups is 1. The van der Waals surface area contributed by atoms with Crippen molar-refractivity contribution >= 4 is 0 Å². The molecule has 28 heavy (non-hydrogen) atoms. The summed E-state index contributed by atoms with van der Waals surface area (Å²) in [6.07, 6.45) is 7.67. The first kappa shape index (κ1) is 19.5. The van der Waals surface area contributed by atoms with E-state index in [0.717, 1.165) is 31.4 Å². The zero-order valence-electron chi connectivity index (χ0n) is 17.0. The van der Waals surface area contributed by atoms with E-state index < -0.39 is 0 Å². The Balaban J connectivity index is 1.39. The van der Waals surface area contributed by atoms with Crippen molar-refractivity contribution < 1.29 is 9.84 Å². The zero-order chi connectivity index (χ0) is 19.6. The van der Waals surface area contributed by atoms with Gasteiger partial charge in [0, 0.05) is 5.54 Å². The molecule has 1 fully saturated rings. The molecule has 0 unspecified atom stereocenters. The summed E-state index contributed by atoms with van der Waals surface area (Å²) in [6, 6.07) is 15.7. The lowest BCUT2D eigenvalue weighted by Crippen LogP contribution is -2.40. The summed E-state index contributed by atoms with van der Waals surface area (Å²) >= 11 is 0. The van der Waals surface area contributed by atoms with Gasteiger partial charge in [-0.05, 0) is 98.1 Å². The first-order chi connectivity index (χ1) is 13.6. The molecule has 3 nitrogen and oxygen atoms in total. The number of rotatable bonds is 6. The zero-order valence-corrected chi connectivity index (χ0v) is 17.0. The molecule has 1 saturated carbocycles. The molecule has 0 amide bonds. The van der Waals surface area contributed by atoms with Crippen molar-refractivity contribution in [1.82, 2.24) is 0 Å². The Morgan fingerprint density at radius 1 is 1.11 bits per heavy atom. The van der Waals surface area contributed by atoms with Gasteiger partial charge in [-0.25, -0.2) is 0 Å². The smallest absolute Gasteiger partial charge is 0.119 e. The lowest BCUT2D eigenvalue weighted by molar-refractivity contribution is 0.198. The third kappa shape index (κ3) is 4.26. The normalized spacial score (nSPS) is 26.8. The number of ether oxygens (including phenoxy) is 1. The van der Waals surface area contributed by atoms with Crippen molar-refractivity contribution in [3.05, 3.63) is 64.7 Å². The molecule has 3 atom stereocenters. The number of nitrogens with two attached hydrogens (primary N) is 1. The second-order valence-corrected chi connectivity index (χ2v) is 8.88. The summed E-state index contributed by atoms with van der Waals surface area (Å²) in [7, 11) is 0. The van der Waals surface area contributed by atoms with E-state index in [9.17, 15) is 5.11 Å². The lowest BCUT2D eigenvalue weighted by Gasteiger charge is -2.26. The number of benzene rings is 2. The first-order valence-corrected chi connectivity index (χ1v) is 10.8. The Labute approximate surface area is 168 Å². The van der Waals surface area contributed by atoms with Gasteiger partial charge < -0.3 is 15.6 Å². The summed E-state index contributed by atoms with van der Waals surface area (Å²) < 4.78 is 5.55. The number of fused-ring (bicyclic) bond motifs is 1. The third-order valence-electron chi connectivity index (χ3n) is 6.75. The van der Waals surface area contributed by atoms with Crippen LogP contribution in [0.25, 0.3) is 0 Å². The van der Waals surface area contributed by atoms with Crippen molar-refractivity contribution in [1.29, 1.82) is 0 Å². The lowest BCUT2D eigenvalue weighted by atomic mass is 9.79. The van der Waals surface area contributed by atoms with Gasteiger partial charge in [-0.1, -0.05) is 30.3 Å². The minimum absolute atomic E-state index is 0.0989. The van der Waals surface area contributed by atoms with Crippen LogP contribution in [0.5, 0.6) is 5.75 Å². The van der Waals surface area contributed by atoms with Crippen LogP contribution in [0.4, 0.5) is 0 Å². The molecule has 4 rings (SSSR count). The van der Waals surface area contributed by atoms with Crippen LogP contribution >= 0.6 is 0 Å². The molecular formula is C25H33NO2. The van der Waals surface area contributed by atoms with Crippen LogP contribution in [0.2, 0.25) is 0 Å². The predicted octanol–water partition coefficient (Wildman–Crippen LogP) is 4.39. The standard InChI is InChI=1S/C25H33NO2/c1-2-28-24-9-4-18(5-10-24)13-19-3-6-21-15-22(8-7-20(21)14-19)23-11-12-25(26,16-23)17-27/h4-5,7-10,15,19,23,27H,2-3,6,11-14,16-17,26H2,1H3/t19-,23+,25-/m1/s1. The van der Waals surface area contributed by atoms with Gasteiger partial charge in [-0.15, -0.1) is 0 Å². The van der Waals surface area contributed by atoms with E-state index in [4.69, 9.17) is 10.5 Å². The molecule has 2 aromatic rings. The van der Waals surface area contributed by atoms with E-state index in [1.807, 2.05) is 6.92 Å². The largest absolute Gasteiger partial charge is 0.494 e. The van der Waals surface area contributed by atoms with Crippen LogP contribution in [0.15, 0.2) is 42.5 Å². The molecule has 2 aliphatic rings. The summed E-state index contributed by atoms with van der Waals surface area (Å²) in [4.78, 5) is 0. The Morgan fingerprint density at radius 3 is 2.64 bits per heavy atom. The van der Waals surface area contributed by atoms with Gasteiger partial charge in [0.15, 0.2) is 0 Å². The van der Waals surface area contributed by atoms with E-state index in [-0.39, 0.29) is 12.1 Å². The van der Waals surface area contributed by atoms with Gasteiger partial charge in [-0.3, -0.25) is 0 Å². The van der Waals surface area contributed by atoms with Crippen molar-refractivity contribution in [2.24, 2.45) is 11.7 Å². The van der Waals surface area contributed by atoms with Gasteiger partial charge in [0.2, 0.25) is 0 Å². The fraction of sp³-hybridized carbons (Fsp3) is 0.520. The third-order valence-corrected chi connectivity index (χ3v) is 6.75. The Kier molecular flexibility index (Phi) is 5.75. The molecule has 0 radical (unpaired) electrons. The predicted molar refractivity (Wildman–Crippen MR) is 114 cm³/mol. The van der Waals surface area contributed by atoms with Gasteiger partial charge in [-0.2, -0.15) is 0 Å². The molecule has 2 aliphatic carbocycles. The molecule has 2 aromatic carbocycles. The van der Waals surface area contributed by atoms with Crippen LogP contribution in [-0.2, 0) is 19.3 Å². The van der Waals surface area contributed by atoms with E-state index in [0.29, 0.717) is 18.4 Å². The SMILES string of the molecule is CCOc1ccc(C[C@H]2CCc3cc([C@H]4CC[C@](N)(CO)C4)ccc3C2)cc1. The number of hydrogen-bond donors (Lipinski definition) is 2. The van der Waals surface area contributed by atoms with Gasteiger partial charge in [0.05, 0.1) is 13.2 Å². The fourth-order valence-corrected chi connectivity index (χ4v) is 5.08. The van der Waals surface area contributed by atoms with Crippen molar-refractivity contribution in [2.45, 2.75) is 63.3 Å². The monoisotopic (exact) mass is 379 g/mol. The molecular weight excluding hydrogens is 346 g/mol. The molecule has 0 bridgehead atoms. The number of aliphatic hydroxyl groups excluding tert-OH is 1. The maximum atomic E-state index is 9.54. The molecule has 0 spiro atoms. The minimum atomic E-state index is -0.372. The Bertz CT molecular complexity index is 801. The van der Waals surface area contributed by atoms with E-state index in [1.54, 1.807) is 0 Å². The molecule has 3 heteroatoms. The summed E-state index contributed by atoms with van der Waals surface area (Å²) in [5.41, 5.74) is 11.8. The topological polar surface area (TPSA) is 55.5 Å². The average Bonchev–Trinajstić information content (AvgIpc) is 3.12.